The van der Waals surface area contributed by atoms with Crippen LogP contribution in [0.2, 0.25) is 0 Å². The lowest BCUT2D eigenvalue weighted by Crippen LogP contribution is -2.54. The number of carbonyl (C=O) groups is 1. The number of fused-ring (bicyclic) bond motifs is 4. The molecule has 4 heteroatoms. The van der Waals surface area contributed by atoms with Gasteiger partial charge in [-0.2, -0.15) is 0 Å². The molecule has 10 atom stereocenters. The predicted molar refractivity (Wildman–Crippen MR) is 123 cm³/mol. The summed E-state index contributed by atoms with van der Waals surface area (Å²) >= 11 is 0. The van der Waals surface area contributed by atoms with E-state index in [1.165, 1.54) is 38.5 Å². The zero-order chi connectivity index (χ0) is 22.9. The molecular formula is C28H44O4. The maximum Gasteiger partial charge on any atom is 0.192 e. The van der Waals surface area contributed by atoms with Crippen molar-refractivity contribution < 1.29 is 19.7 Å². The van der Waals surface area contributed by atoms with Crippen molar-refractivity contribution in [2.24, 2.45) is 45.3 Å². The van der Waals surface area contributed by atoms with Gasteiger partial charge >= 0.3 is 0 Å². The first kappa shape index (κ1) is 22.0. The van der Waals surface area contributed by atoms with Gasteiger partial charge in [0.1, 0.15) is 11.7 Å². The molecule has 6 rings (SSSR count). The van der Waals surface area contributed by atoms with Gasteiger partial charge in [0.25, 0.3) is 0 Å². The van der Waals surface area contributed by atoms with E-state index in [0.29, 0.717) is 34.0 Å². The van der Waals surface area contributed by atoms with Crippen LogP contribution in [0.15, 0.2) is 0 Å². The molecule has 0 radical (unpaired) electrons. The Morgan fingerprint density at radius 3 is 2.34 bits per heavy atom. The first-order valence-electron chi connectivity index (χ1n) is 13.5. The molecule has 32 heavy (non-hydrogen) atoms. The third-order valence-corrected chi connectivity index (χ3v) is 12.5. The van der Waals surface area contributed by atoms with E-state index in [0.717, 1.165) is 31.6 Å². The fourth-order valence-electron chi connectivity index (χ4n) is 10.8. The van der Waals surface area contributed by atoms with Crippen molar-refractivity contribution in [1.82, 2.24) is 0 Å². The summed E-state index contributed by atoms with van der Waals surface area (Å²) in [6.07, 6.45) is 11.4. The van der Waals surface area contributed by atoms with Crippen molar-refractivity contribution >= 4 is 5.78 Å². The van der Waals surface area contributed by atoms with Gasteiger partial charge in [-0.05, 0) is 123 Å². The third-order valence-electron chi connectivity index (χ3n) is 12.5. The summed E-state index contributed by atoms with van der Waals surface area (Å²) < 4.78 is 6.49. The van der Waals surface area contributed by atoms with Crippen LogP contribution in [-0.2, 0) is 9.53 Å². The molecule has 2 spiro atoms. The molecule has 1 saturated heterocycles. The lowest BCUT2D eigenvalue weighted by molar-refractivity contribution is -0.161. The Balaban J connectivity index is 1.27. The summed E-state index contributed by atoms with van der Waals surface area (Å²) in [5, 5.41) is 21.1. The molecular weight excluding hydrogens is 400 g/mol. The van der Waals surface area contributed by atoms with Crippen molar-refractivity contribution in [3.05, 3.63) is 0 Å². The lowest BCUT2D eigenvalue weighted by Gasteiger charge is -2.59. The van der Waals surface area contributed by atoms with Gasteiger partial charge in [0.2, 0.25) is 0 Å². The fraction of sp³-hybridized carbons (Fsp3) is 0.964. The van der Waals surface area contributed by atoms with Crippen LogP contribution in [0, 0.1) is 45.3 Å². The average Bonchev–Trinajstić information content (AvgIpc) is 3.30. The second-order valence-corrected chi connectivity index (χ2v) is 14.2. The van der Waals surface area contributed by atoms with Crippen LogP contribution < -0.4 is 0 Å². The highest BCUT2D eigenvalue weighted by Gasteiger charge is 2.80. The summed E-state index contributed by atoms with van der Waals surface area (Å²) in [6.45, 7) is 10.4. The van der Waals surface area contributed by atoms with E-state index in [9.17, 15) is 15.0 Å². The standard InChI is InChI=1S/C28H44O4/c1-24(2)21-9-7-16-18-14-20-17(6-8-19(32-20)23(30)25(3,4)31)26(18,5)12-13-27(16)15-28(21,27)11-10-22(24)29/h16-22,29,31H,6-15H2,1-5H3/t16?,17?,18?,19?,20?,21?,22-,26?,27?,28+/m0/s1. The summed E-state index contributed by atoms with van der Waals surface area (Å²) in [5.41, 5.74) is 0.0594. The number of hydrogen-bond donors (Lipinski definition) is 2. The van der Waals surface area contributed by atoms with Gasteiger partial charge in [0.05, 0.1) is 12.2 Å². The van der Waals surface area contributed by atoms with Gasteiger partial charge < -0.3 is 14.9 Å². The number of ether oxygens (including phenoxy) is 1. The molecule has 0 bridgehead atoms. The molecule has 0 aromatic rings. The van der Waals surface area contributed by atoms with Crippen LogP contribution >= 0.6 is 0 Å². The lowest BCUT2D eigenvalue weighted by atomic mass is 9.46. The van der Waals surface area contributed by atoms with Gasteiger partial charge in [0, 0.05) is 0 Å². The summed E-state index contributed by atoms with van der Waals surface area (Å²) in [5.74, 6) is 2.59. The van der Waals surface area contributed by atoms with Crippen LogP contribution in [-0.4, -0.2) is 39.9 Å². The first-order valence-corrected chi connectivity index (χ1v) is 13.5. The van der Waals surface area contributed by atoms with Crippen molar-refractivity contribution in [3.63, 3.8) is 0 Å². The molecule has 180 valence electrons. The molecule has 2 N–H and O–H groups in total. The van der Waals surface area contributed by atoms with Crippen LogP contribution in [0.25, 0.3) is 0 Å². The minimum absolute atomic E-state index is 0.0466. The highest BCUT2D eigenvalue weighted by atomic mass is 16.5. The molecule has 6 aliphatic rings. The van der Waals surface area contributed by atoms with Gasteiger partial charge in [-0.15, -0.1) is 0 Å². The molecule has 1 aliphatic heterocycles. The van der Waals surface area contributed by atoms with Crippen LogP contribution in [0.4, 0.5) is 0 Å². The minimum atomic E-state index is -1.31. The fourth-order valence-corrected chi connectivity index (χ4v) is 10.8. The maximum absolute atomic E-state index is 12.7. The maximum atomic E-state index is 12.7. The van der Waals surface area contributed by atoms with Gasteiger partial charge in [-0.1, -0.05) is 20.8 Å². The van der Waals surface area contributed by atoms with E-state index in [4.69, 9.17) is 4.74 Å². The Labute approximate surface area is 193 Å². The SMILES string of the molecule is CC(C)(O)C(=O)C1CCC2C(CC3C4CCC5C(C)(C)[C@@H](O)CC[C@@]56CC46CCC23C)O1. The number of aliphatic hydroxyl groups is 2. The van der Waals surface area contributed by atoms with Crippen LogP contribution in [0.1, 0.15) is 98.8 Å². The molecule has 5 aliphatic carbocycles. The smallest absolute Gasteiger partial charge is 0.192 e. The Morgan fingerprint density at radius 1 is 0.906 bits per heavy atom. The second-order valence-electron chi connectivity index (χ2n) is 14.2. The van der Waals surface area contributed by atoms with E-state index in [1.54, 1.807) is 13.8 Å². The molecule has 8 unspecified atom stereocenters. The zero-order valence-electron chi connectivity index (χ0n) is 20.8. The van der Waals surface area contributed by atoms with E-state index >= 15 is 0 Å². The molecule has 0 aromatic carbocycles. The van der Waals surface area contributed by atoms with Crippen LogP contribution in [0.5, 0.6) is 0 Å². The largest absolute Gasteiger partial charge is 0.393 e. The minimum Gasteiger partial charge on any atom is -0.393 e. The molecule has 5 saturated carbocycles. The quantitative estimate of drug-likeness (QED) is 0.636. The number of rotatable bonds is 2. The topological polar surface area (TPSA) is 66.8 Å². The molecule has 0 aromatic heterocycles. The Hall–Kier alpha value is -0.450. The van der Waals surface area contributed by atoms with E-state index in [2.05, 4.69) is 20.8 Å². The number of aliphatic hydroxyl groups excluding tert-OH is 1. The van der Waals surface area contributed by atoms with Gasteiger partial charge in [-0.25, -0.2) is 0 Å². The highest BCUT2D eigenvalue weighted by molar-refractivity contribution is 5.90. The van der Waals surface area contributed by atoms with E-state index in [1.807, 2.05) is 0 Å². The van der Waals surface area contributed by atoms with Crippen molar-refractivity contribution in [1.29, 1.82) is 0 Å². The highest BCUT2D eigenvalue weighted by Crippen LogP contribution is 2.87. The second kappa shape index (κ2) is 6.40. The number of Topliss-reactive ketones (excluding diaryl/α,β-unsaturated/α-hetero) is 1. The van der Waals surface area contributed by atoms with Gasteiger partial charge in [0.15, 0.2) is 5.78 Å². The van der Waals surface area contributed by atoms with Crippen molar-refractivity contribution in [2.75, 3.05) is 0 Å². The molecule has 6 fully saturated rings. The Morgan fingerprint density at radius 2 is 1.62 bits per heavy atom. The number of ketones is 1. The van der Waals surface area contributed by atoms with Crippen LogP contribution in [0.3, 0.4) is 0 Å². The molecule has 1 heterocycles. The summed E-state index contributed by atoms with van der Waals surface area (Å²) in [4.78, 5) is 12.7. The average molecular weight is 445 g/mol. The normalized spacial score (nSPS) is 55.7. The molecule has 0 amide bonds. The number of hydrogen-bond acceptors (Lipinski definition) is 4. The number of carbonyl (C=O) groups excluding carboxylic acids is 1. The van der Waals surface area contributed by atoms with Gasteiger partial charge in [-0.3, -0.25) is 4.79 Å². The monoisotopic (exact) mass is 444 g/mol. The predicted octanol–water partition coefficient (Wildman–Crippen LogP) is 4.89. The Bertz CT molecular complexity index is 828. The van der Waals surface area contributed by atoms with E-state index < -0.39 is 11.7 Å². The Kier molecular flexibility index (Phi) is 4.41. The van der Waals surface area contributed by atoms with Crippen molar-refractivity contribution in [2.45, 2.75) is 123 Å². The zero-order valence-corrected chi connectivity index (χ0v) is 20.8. The third kappa shape index (κ3) is 2.53. The van der Waals surface area contributed by atoms with E-state index in [-0.39, 0.29) is 23.4 Å². The van der Waals surface area contributed by atoms with Crippen molar-refractivity contribution in [3.8, 4) is 0 Å². The molecule has 4 nitrogen and oxygen atoms in total. The summed E-state index contributed by atoms with van der Waals surface area (Å²) in [7, 11) is 0. The first-order chi connectivity index (χ1) is 14.9. The summed E-state index contributed by atoms with van der Waals surface area (Å²) in [6, 6.07) is 0.